The van der Waals surface area contributed by atoms with Crippen molar-refractivity contribution in [1.29, 1.82) is 0 Å². The largest absolute Gasteiger partial charge is 0.490 e. The first kappa shape index (κ1) is 25.7. The lowest BCUT2D eigenvalue weighted by Crippen LogP contribution is -2.26. The predicted octanol–water partition coefficient (Wildman–Crippen LogP) is 3.32. The summed E-state index contributed by atoms with van der Waals surface area (Å²) >= 11 is 4.30. The molecule has 0 aliphatic carbocycles. The molecule has 180 valence electrons. The summed E-state index contributed by atoms with van der Waals surface area (Å²) in [5, 5.41) is 18.5. The number of aliphatic carboxylic acids is 1. The van der Waals surface area contributed by atoms with Crippen LogP contribution < -0.4 is 14.2 Å². The second-order valence-electron chi connectivity index (χ2n) is 6.96. The van der Waals surface area contributed by atoms with Crippen LogP contribution in [0.5, 0.6) is 11.5 Å². The Kier molecular flexibility index (Phi) is 8.33. The van der Waals surface area contributed by atoms with Gasteiger partial charge in [0.25, 0.3) is 0 Å². The van der Waals surface area contributed by atoms with Gasteiger partial charge < -0.3 is 19.3 Å². The number of nitrogens with zero attached hydrogens (tertiary/aromatic N) is 2. The van der Waals surface area contributed by atoms with E-state index in [1.54, 1.807) is 25.1 Å². The quantitative estimate of drug-likeness (QED) is 0.266. The lowest BCUT2D eigenvalue weighted by atomic mass is 10.2. The number of thioether (sulfide) groups is 1. The number of nitrogens with one attached hydrogen (secondary N) is 1. The summed E-state index contributed by atoms with van der Waals surface area (Å²) in [5.41, 5.74) is 1.42. The topological polar surface area (TPSA) is 144 Å². The van der Waals surface area contributed by atoms with Crippen LogP contribution in [0.2, 0.25) is 0 Å². The van der Waals surface area contributed by atoms with Gasteiger partial charge in [0.1, 0.15) is 10.1 Å². The van der Waals surface area contributed by atoms with E-state index in [1.807, 2.05) is 6.92 Å². The number of ether oxygens (including phenoxy) is 1. The van der Waals surface area contributed by atoms with E-state index < -0.39 is 27.2 Å². The molecule has 1 atom stereocenters. The molecule has 0 unspecified atom stereocenters. The zero-order chi connectivity index (χ0) is 24.9. The fourth-order valence-electron chi connectivity index (χ4n) is 2.76. The molecule has 1 saturated heterocycles. The van der Waals surface area contributed by atoms with Crippen LogP contribution in [0.3, 0.4) is 0 Å². The fourth-order valence-corrected chi connectivity index (χ4v) is 5.28. The molecule has 1 aliphatic rings. The number of aryl methyl sites for hydroxylation is 1. The van der Waals surface area contributed by atoms with Gasteiger partial charge in [0.2, 0.25) is 5.91 Å². The number of carboxylic acids is 1. The maximum absolute atomic E-state index is 12.7. The summed E-state index contributed by atoms with van der Waals surface area (Å²) < 4.78 is 36.7. The molecule has 34 heavy (non-hydrogen) atoms. The Morgan fingerprint density at radius 1 is 1.29 bits per heavy atom. The number of carbonyl (C=O) groups is 2. The van der Waals surface area contributed by atoms with Crippen molar-refractivity contribution in [3.63, 3.8) is 0 Å². The van der Waals surface area contributed by atoms with E-state index in [9.17, 15) is 18.0 Å². The van der Waals surface area contributed by atoms with E-state index in [0.29, 0.717) is 10.0 Å². The molecule has 13 heteroatoms. The highest BCUT2D eigenvalue weighted by molar-refractivity contribution is 9.10. The van der Waals surface area contributed by atoms with Crippen LogP contribution in [-0.4, -0.2) is 48.6 Å². The summed E-state index contributed by atoms with van der Waals surface area (Å²) in [5.74, 6) is -1.37. The Hall–Kier alpha value is -2.90. The normalized spacial score (nSPS) is 17.2. The number of amides is 1. The third-order valence-corrected chi connectivity index (χ3v) is 7.22. The average Bonchev–Trinajstić information content (AvgIpc) is 3.09. The standard InChI is InChI=1S/C21H20BrN3O7S2/c1-3-31-16-9-13(11-23-25-21-24-20(28)17(33-21)10-18(26)27)8-15(22)19(16)32-34(29,30)14-6-4-12(2)5-7-14/h4-9,11,17H,3,10H2,1-2H3,(H,26,27)(H,24,25,28)/b23-11-/t17-/m1/s1. The maximum atomic E-state index is 12.7. The monoisotopic (exact) mass is 569 g/mol. The Balaban J connectivity index is 1.81. The Morgan fingerprint density at radius 3 is 2.65 bits per heavy atom. The van der Waals surface area contributed by atoms with Gasteiger partial charge in [0, 0.05) is 0 Å². The number of hydrogen-bond acceptors (Lipinski definition) is 9. The average molecular weight is 570 g/mol. The molecule has 0 spiro atoms. The first-order valence-electron chi connectivity index (χ1n) is 9.87. The van der Waals surface area contributed by atoms with Crippen molar-refractivity contribution in [3.8, 4) is 11.5 Å². The van der Waals surface area contributed by atoms with Gasteiger partial charge >= 0.3 is 16.1 Å². The fraction of sp³-hybridized carbons (Fsp3) is 0.238. The highest BCUT2D eigenvalue weighted by atomic mass is 79.9. The zero-order valence-electron chi connectivity index (χ0n) is 18.0. The number of carboxylic acid groups (broad SMARTS) is 1. The zero-order valence-corrected chi connectivity index (χ0v) is 21.2. The van der Waals surface area contributed by atoms with E-state index in [2.05, 4.69) is 31.4 Å². The van der Waals surface area contributed by atoms with Crippen molar-refractivity contribution < 1.29 is 32.0 Å². The molecule has 0 aromatic heterocycles. The van der Waals surface area contributed by atoms with Gasteiger partial charge in [-0.25, -0.2) is 0 Å². The predicted molar refractivity (Wildman–Crippen MR) is 131 cm³/mol. The first-order valence-corrected chi connectivity index (χ1v) is 12.9. The molecule has 1 amide bonds. The minimum absolute atomic E-state index is 0.00576. The first-order chi connectivity index (χ1) is 16.1. The van der Waals surface area contributed by atoms with E-state index in [4.69, 9.17) is 14.0 Å². The van der Waals surface area contributed by atoms with Crippen molar-refractivity contribution >= 4 is 61.1 Å². The molecule has 1 heterocycles. The van der Waals surface area contributed by atoms with Crippen LogP contribution in [0.25, 0.3) is 0 Å². The Morgan fingerprint density at radius 2 is 2.00 bits per heavy atom. The summed E-state index contributed by atoms with van der Waals surface area (Å²) in [7, 11) is -4.10. The maximum Gasteiger partial charge on any atom is 0.339 e. The lowest BCUT2D eigenvalue weighted by Gasteiger charge is -2.14. The minimum atomic E-state index is -4.10. The van der Waals surface area contributed by atoms with Crippen LogP contribution in [0.15, 0.2) is 56.0 Å². The molecule has 0 radical (unpaired) electrons. The third-order valence-electron chi connectivity index (χ3n) is 4.33. The number of halogens is 1. The molecule has 0 bridgehead atoms. The highest BCUT2D eigenvalue weighted by Gasteiger charge is 2.32. The van der Waals surface area contributed by atoms with E-state index in [-0.39, 0.29) is 34.6 Å². The third kappa shape index (κ3) is 6.58. The van der Waals surface area contributed by atoms with E-state index in [1.165, 1.54) is 24.4 Å². The molecule has 1 aliphatic heterocycles. The second kappa shape index (κ2) is 11.0. The Bertz CT molecular complexity index is 1260. The van der Waals surface area contributed by atoms with Gasteiger partial charge in [-0.3, -0.25) is 9.59 Å². The molecular weight excluding hydrogens is 550 g/mol. The molecule has 0 saturated carbocycles. The number of amidine groups is 1. The number of rotatable bonds is 9. The van der Waals surface area contributed by atoms with Crippen molar-refractivity contribution in [1.82, 2.24) is 5.32 Å². The molecule has 2 aromatic rings. The summed E-state index contributed by atoms with van der Waals surface area (Å²) in [6.07, 6.45) is 1.05. The van der Waals surface area contributed by atoms with Crippen LogP contribution in [0.1, 0.15) is 24.5 Å². The number of hydrogen-bond donors (Lipinski definition) is 2. The molecule has 1 fully saturated rings. The van der Waals surface area contributed by atoms with Crippen LogP contribution in [0, 0.1) is 6.92 Å². The second-order valence-corrected chi connectivity index (χ2v) is 10.5. The van der Waals surface area contributed by atoms with Crippen molar-refractivity contribution in [2.24, 2.45) is 10.2 Å². The molecular formula is C21H20BrN3O7S2. The molecule has 2 aromatic carbocycles. The van der Waals surface area contributed by atoms with Gasteiger partial charge in [0.15, 0.2) is 16.7 Å². The van der Waals surface area contributed by atoms with Crippen LogP contribution in [-0.2, 0) is 19.7 Å². The lowest BCUT2D eigenvalue weighted by molar-refractivity contribution is -0.138. The van der Waals surface area contributed by atoms with Crippen molar-refractivity contribution in [3.05, 3.63) is 52.0 Å². The van der Waals surface area contributed by atoms with Crippen LogP contribution >= 0.6 is 27.7 Å². The van der Waals surface area contributed by atoms with Gasteiger partial charge in [-0.2, -0.15) is 13.5 Å². The summed E-state index contributed by atoms with van der Waals surface area (Å²) in [6.45, 7) is 3.84. The smallest absolute Gasteiger partial charge is 0.339 e. The van der Waals surface area contributed by atoms with Crippen molar-refractivity contribution in [2.45, 2.75) is 30.4 Å². The minimum Gasteiger partial charge on any atom is -0.490 e. The molecule has 10 nitrogen and oxygen atoms in total. The van der Waals surface area contributed by atoms with Gasteiger partial charge in [-0.05, 0) is 59.6 Å². The Labute approximate surface area is 208 Å². The number of benzene rings is 2. The molecule has 3 rings (SSSR count). The molecule has 2 N–H and O–H groups in total. The SMILES string of the molecule is CCOc1cc(/C=N\N=C2\NC(=O)[C@@H](CC(=O)O)S2)cc(Br)c1OS(=O)(=O)c1ccc(C)cc1. The summed E-state index contributed by atoms with van der Waals surface area (Å²) in [4.78, 5) is 22.6. The van der Waals surface area contributed by atoms with Gasteiger partial charge in [-0.1, -0.05) is 29.5 Å². The van der Waals surface area contributed by atoms with E-state index >= 15 is 0 Å². The van der Waals surface area contributed by atoms with Crippen molar-refractivity contribution in [2.75, 3.05) is 6.61 Å². The van der Waals surface area contributed by atoms with Gasteiger partial charge in [0.05, 0.1) is 23.7 Å². The van der Waals surface area contributed by atoms with E-state index in [0.717, 1.165) is 17.3 Å². The number of carbonyl (C=O) groups excluding carboxylic acids is 1. The van der Waals surface area contributed by atoms with Crippen LogP contribution in [0.4, 0.5) is 0 Å². The van der Waals surface area contributed by atoms with Gasteiger partial charge in [-0.15, -0.1) is 5.10 Å². The summed E-state index contributed by atoms with van der Waals surface area (Å²) in [6, 6.07) is 9.36. The highest BCUT2D eigenvalue weighted by Crippen LogP contribution is 2.38.